The molecule has 1 aromatic carbocycles. The molecule has 0 amide bonds. The molecule has 0 radical (unpaired) electrons. The Hall–Kier alpha value is -1.83. The summed E-state index contributed by atoms with van der Waals surface area (Å²) in [5, 5.41) is 0. The summed E-state index contributed by atoms with van der Waals surface area (Å²) < 4.78 is 2.30. The van der Waals surface area contributed by atoms with Gasteiger partial charge in [-0.2, -0.15) is 4.57 Å². The van der Waals surface area contributed by atoms with Crippen molar-refractivity contribution in [3.8, 4) is 11.3 Å². The van der Waals surface area contributed by atoms with Gasteiger partial charge in [0.05, 0.1) is 5.56 Å². The van der Waals surface area contributed by atoms with Gasteiger partial charge in [0, 0.05) is 37.5 Å². The molecule has 1 aromatic heterocycles. The summed E-state index contributed by atoms with van der Waals surface area (Å²) >= 11 is 0. The Labute approximate surface area is 95.8 Å². The first kappa shape index (κ1) is 9.40. The smallest absolute Gasteiger partial charge is 0.215 e. The fraction of sp³-hybridized carbons (Fsp3) is 0.214. The first-order valence-corrected chi connectivity index (χ1v) is 5.55. The number of aromatic nitrogens is 1. The van der Waals surface area contributed by atoms with Crippen LogP contribution in [-0.4, -0.2) is 14.1 Å². The van der Waals surface area contributed by atoms with E-state index in [1.807, 2.05) is 0 Å². The Kier molecular flexibility index (Phi) is 1.96. The fourth-order valence-electron chi connectivity index (χ4n) is 2.26. The lowest BCUT2D eigenvalue weighted by atomic mass is 10.1. The summed E-state index contributed by atoms with van der Waals surface area (Å²) in [6.07, 6.45) is 2.17. The number of hydrogen-bond donors (Lipinski definition) is 0. The van der Waals surface area contributed by atoms with Crippen LogP contribution in [0.4, 0.5) is 5.69 Å². The second kappa shape index (κ2) is 3.34. The van der Waals surface area contributed by atoms with E-state index >= 15 is 0 Å². The first-order chi connectivity index (χ1) is 7.75. The van der Waals surface area contributed by atoms with Gasteiger partial charge in [0.2, 0.25) is 5.69 Å². The molecule has 0 saturated carbocycles. The van der Waals surface area contributed by atoms with Crippen molar-refractivity contribution in [2.45, 2.75) is 6.54 Å². The maximum Gasteiger partial charge on any atom is 0.215 e. The monoisotopic (exact) mass is 211 g/mol. The molecule has 3 rings (SSSR count). The van der Waals surface area contributed by atoms with Gasteiger partial charge >= 0.3 is 0 Å². The molecule has 0 spiro atoms. The van der Waals surface area contributed by atoms with Crippen LogP contribution in [0.3, 0.4) is 0 Å². The van der Waals surface area contributed by atoms with Crippen molar-refractivity contribution in [1.82, 2.24) is 0 Å². The molecule has 2 heteroatoms. The van der Waals surface area contributed by atoms with Crippen LogP contribution in [0.1, 0.15) is 5.56 Å². The van der Waals surface area contributed by atoms with Crippen LogP contribution < -0.4 is 9.47 Å². The molecular weight excluding hydrogens is 196 g/mol. The summed E-state index contributed by atoms with van der Waals surface area (Å²) in [5.74, 6) is 0. The SMILES string of the molecule is CN(C)c1cc[n+]2c(c1)-c1ccccc1C2. The zero-order chi connectivity index (χ0) is 11.1. The zero-order valence-corrected chi connectivity index (χ0v) is 9.64. The maximum absolute atomic E-state index is 2.30. The van der Waals surface area contributed by atoms with Crippen molar-refractivity contribution in [3.05, 3.63) is 48.2 Å². The van der Waals surface area contributed by atoms with Crippen molar-refractivity contribution in [1.29, 1.82) is 0 Å². The van der Waals surface area contributed by atoms with Crippen molar-refractivity contribution in [2.75, 3.05) is 19.0 Å². The lowest BCUT2D eigenvalue weighted by Gasteiger charge is -2.11. The summed E-state index contributed by atoms with van der Waals surface area (Å²) in [5.41, 5.74) is 5.36. The number of rotatable bonds is 1. The molecule has 0 saturated heterocycles. The lowest BCUT2D eigenvalue weighted by molar-refractivity contribution is -0.672. The molecule has 0 fully saturated rings. The quantitative estimate of drug-likeness (QED) is 0.559. The molecule has 0 aliphatic carbocycles. The van der Waals surface area contributed by atoms with Gasteiger partial charge in [-0.15, -0.1) is 0 Å². The van der Waals surface area contributed by atoms with E-state index in [0.29, 0.717) is 0 Å². The van der Waals surface area contributed by atoms with E-state index in [0.717, 1.165) is 6.54 Å². The van der Waals surface area contributed by atoms with Crippen LogP contribution in [-0.2, 0) is 6.54 Å². The molecule has 2 heterocycles. The third kappa shape index (κ3) is 1.30. The number of nitrogens with zero attached hydrogens (tertiary/aromatic N) is 2. The van der Waals surface area contributed by atoms with E-state index in [1.54, 1.807) is 0 Å². The van der Waals surface area contributed by atoms with Gasteiger partial charge in [-0.25, -0.2) is 0 Å². The van der Waals surface area contributed by atoms with E-state index in [9.17, 15) is 0 Å². The maximum atomic E-state index is 2.30. The first-order valence-electron chi connectivity index (χ1n) is 5.55. The highest BCUT2D eigenvalue weighted by atomic mass is 15.1. The number of hydrogen-bond acceptors (Lipinski definition) is 1. The van der Waals surface area contributed by atoms with E-state index in [-0.39, 0.29) is 0 Å². The molecule has 0 atom stereocenters. The highest BCUT2D eigenvalue weighted by Gasteiger charge is 2.25. The summed E-state index contributed by atoms with van der Waals surface area (Å²) in [4.78, 5) is 2.14. The molecule has 16 heavy (non-hydrogen) atoms. The second-order valence-corrected chi connectivity index (χ2v) is 4.45. The van der Waals surface area contributed by atoms with Gasteiger partial charge in [-0.05, 0) is 6.07 Å². The van der Waals surface area contributed by atoms with Crippen LogP contribution in [0.15, 0.2) is 42.6 Å². The Morgan fingerprint density at radius 1 is 1.12 bits per heavy atom. The molecule has 0 N–H and O–H groups in total. The molecule has 2 nitrogen and oxygen atoms in total. The van der Waals surface area contributed by atoms with Crippen LogP contribution >= 0.6 is 0 Å². The van der Waals surface area contributed by atoms with E-state index in [4.69, 9.17) is 0 Å². The Morgan fingerprint density at radius 3 is 2.75 bits per heavy atom. The predicted octanol–water partition coefficient (Wildman–Crippen LogP) is 2.07. The van der Waals surface area contributed by atoms with E-state index in [2.05, 4.69) is 66.2 Å². The number of anilines is 1. The largest absolute Gasteiger partial charge is 0.377 e. The minimum atomic E-state index is 0.999. The minimum absolute atomic E-state index is 0.999. The topological polar surface area (TPSA) is 7.12 Å². The van der Waals surface area contributed by atoms with Gasteiger partial charge < -0.3 is 4.90 Å². The van der Waals surface area contributed by atoms with Crippen LogP contribution in [0, 0.1) is 0 Å². The molecule has 1 aliphatic rings. The van der Waals surface area contributed by atoms with Crippen molar-refractivity contribution in [3.63, 3.8) is 0 Å². The van der Waals surface area contributed by atoms with E-state index < -0.39 is 0 Å². The highest BCUT2D eigenvalue weighted by Crippen LogP contribution is 2.28. The number of pyridine rings is 1. The van der Waals surface area contributed by atoms with Crippen molar-refractivity contribution < 1.29 is 4.57 Å². The lowest BCUT2D eigenvalue weighted by Crippen LogP contribution is -2.32. The molecule has 0 unspecified atom stereocenters. The average Bonchev–Trinajstić information content (AvgIpc) is 2.66. The van der Waals surface area contributed by atoms with Crippen molar-refractivity contribution in [2.24, 2.45) is 0 Å². The Balaban J connectivity index is 2.18. The van der Waals surface area contributed by atoms with Crippen LogP contribution in [0.5, 0.6) is 0 Å². The summed E-state index contributed by atoms with van der Waals surface area (Å²) in [7, 11) is 4.15. The molecule has 0 bridgehead atoms. The zero-order valence-electron chi connectivity index (χ0n) is 9.64. The van der Waals surface area contributed by atoms with Gasteiger partial charge in [0.25, 0.3) is 0 Å². The number of fused-ring (bicyclic) bond motifs is 3. The van der Waals surface area contributed by atoms with Gasteiger partial charge in [-0.1, -0.05) is 18.2 Å². The van der Waals surface area contributed by atoms with E-state index in [1.165, 1.54) is 22.5 Å². The van der Waals surface area contributed by atoms with Crippen molar-refractivity contribution >= 4 is 5.69 Å². The third-order valence-electron chi connectivity index (χ3n) is 3.17. The predicted molar refractivity (Wildman–Crippen MR) is 65.5 cm³/mol. The summed E-state index contributed by atoms with van der Waals surface area (Å²) in [6, 6.07) is 13.0. The number of benzene rings is 1. The molecule has 2 aromatic rings. The van der Waals surface area contributed by atoms with Gasteiger partial charge in [0.1, 0.15) is 0 Å². The standard InChI is InChI=1S/C14H15N2/c1-15(2)12-7-8-16-10-11-5-3-4-6-13(11)14(16)9-12/h3-9H,10H2,1-2H3/q+1. The molecule has 80 valence electrons. The second-order valence-electron chi connectivity index (χ2n) is 4.45. The minimum Gasteiger partial charge on any atom is -0.377 e. The summed E-state index contributed by atoms with van der Waals surface area (Å²) in [6.45, 7) is 0.999. The fourth-order valence-corrected chi connectivity index (χ4v) is 2.26. The van der Waals surface area contributed by atoms with Gasteiger partial charge in [-0.3, -0.25) is 0 Å². The van der Waals surface area contributed by atoms with Crippen LogP contribution in [0.2, 0.25) is 0 Å². The molecule has 1 aliphatic heterocycles. The molecular formula is C14H15N2+. The van der Waals surface area contributed by atoms with Crippen LogP contribution in [0.25, 0.3) is 11.3 Å². The average molecular weight is 211 g/mol. The third-order valence-corrected chi connectivity index (χ3v) is 3.17. The normalized spacial score (nSPS) is 12.1. The highest BCUT2D eigenvalue weighted by molar-refractivity contribution is 5.66. The Bertz CT molecular complexity index is 544. The van der Waals surface area contributed by atoms with Gasteiger partial charge in [0.15, 0.2) is 12.7 Å². The Morgan fingerprint density at radius 2 is 1.94 bits per heavy atom.